The molecule has 0 saturated heterocycles. The van der Waals surface area contributed by atoms with Gasteiger partial charge in [0.1, 0.15) is 5.69 Å². The molecule has 3 N–H and O–H groups in total. The van der Waals surface area contributed by atoms with Crippen LogP contribution < -0.4 is 10.6 Å². The van der Waals surface area contributed by atoms with Gasteiger partial charge in [-0.15, -0.1) is 5.11 Å². The topological polar surface area (TPSA) is 146 Å². The predicted octanol–water partition coefficient (Wildman–Crippen LogP) is 7.37. The van der Waals surface area contributed by atoms with E-state index in [9.17, 15) is 24.8 Å². The van der Waals surface area contributed by atoms with Crippen LogP contribution in [0.15, 0.2) is 119 Å². The Kier molecular flexibility index (Phi) is 7.23. The summed E-state index contributed by atoms with van der Waals surface area (Å²) >= 11 is 0. The van der Waals surface area contributed by atoms with Gasteiger partial charge in [-0.2, -0.15) is 5.11 Å². The first-order valence-electron chi connectivity index (χ1n) is 12.1. The summed E-state index contributed by atoms with van der Waals surface area (Å²) in [5.41, 5.74) is 1.34. The number of anilines is 2. The fourth-order valence-electron chi connectivity index (χ4n) is 4.01. The first-order chi connectivity index (χ1) is 19.4. The number of amides is 2. The summed E-state index contributed by atoms with van der Waals surface area (Å²) in [4.78, 5) is 36.7. The number of para-hydroxylation sites is 2. The first-order valence-corrected chi connectivity index (χ1v) is 12.1. The third kappa shape index (κ3) is 5.65. The highest BCUT2D eigenvalue weighted by molar-refractivity contribution is 6.13. The van der Waals surface area contributed by atoms with E-state index in [1.807, 2.05) is 6.07 Å². The number of carbonyl (C=O) groups excluding carboxylic acids is 2. The molecule has 5 aromatic rings. The second-order valence-corrected chi connectivity index (χ2v) is 8.67. The molecule has 0 aliphatic rings. The van der Waals surface area contributed by atoms with Gasteiger partial charge >= 0.3 is 0 Å². The molecule has 10 heteroatoms. The highest BCUT2D eigenvalue weighted by Gasteiger charge is 2.20. The number of nitrogens with one attached hydrogen (secondary N) is 2. The zero-order chi connectivity index (χ0) is 28.1. The van der Waals surface area contributed by atoms with Crippen LogP contribution in [0.3, 0.4) is 0 Å². The summed E-state index contributed by atoms with van der Waals surface area (Å²) in [6, 6.07) is 29.4. The Morgan fingerprint density at radius 1 is 0.725 bits per heavy atom. The summed E-state index contributed by atoms with van der Waals surface area (Å²) in [5, 5.41) is 36.9. The van der Waals surface area contributed by atoms with Crippen LogP contribution >= 0.6 is 0 Å². The molecule has 0 spiro atoms. The van der Waals surface area contributed by atoms with E-state index in [1.54, 1.807) is 72.8 Å². The molecule has 0 bridgehead atoms. The molecule has 0 radical (unpaired) electrons. The lowest BCUT2D eigenvalue weighted by Crippen LogP contribution is -2.13. The zero-order valence-electron chi connectivity index (χ0n) is 20.8. The molecule has 40 heavy (non-hydrogen) atoms. The molecule has 0 fully saturated rings. The van der Waals surface area contributed by atoms with Gasteiger partial charge in [-0.05, 0) is 53.9 Å². The molecule has 0 heterocycles. The molecule has 2 amide bonds. The summed E-state index contributed by atoms with van der Waals surface area (Å²) in [7, 11) is 0. The molecule has 0 aliphatic heterocycles. The summed E-state index contributed by atoms with van der Waals surface area (Å²) in [6.45, 7) is 0. The predicted molar refractivity (Wildman–Crippen MR) is 152 cm³/mol. The number of rotatable bonds is 7. The second-order valence-electron chi connectivity index (χ2n) is 8.67. The lowest BCUT2D eigenvalue weighted by molar-refractivity contribution is -0.384. The Morgan fingerprint density at radius 3 is 2.02 bits per heavy atom. The standard InChI is InChI=1S/C30H21N5O5/c36-28-26(30(38)32-22-10-5-2-6-11-22)17-20-16-19(29(37)31-21-8-3-1-4-9-21)14-15-25(20)27(28)34-33-23-12-7-13-24(18-23)35(39)40/h1-18,36H,(H,31,37)(H,32,38)/b34-33+. The molecule has 10 nitrogen and oxygen atoms in total. The SMILES string of the molecule is O=C(Nc1ccccc1)c1ccc2c(/N=N/c3cccc([N+](=O)[O-])c3)c(O)c(C(=O)Nc3ccccc3)cc2c1. The van der Waals surface area contributed by atoms with E-state index >= 15 is 0 Å². The third-order valence-electron chi connectivity index (χ3n) is 5.96. The Morgan fingerprint density at radius 2 is 1.38 bits per heavy atom. The lowest BCUT2D eigenvalue weighted by atomic mass is 10.0. The van der Waals surface area contributed by atoms with E-state index in [-0.39, 0.29) is 28.5 Å². The molecule has 0 unspecified atom stereocenters. The Labute approximate surface area is 227 Å². The molecule has 196 valence electrons. The van der Waals surface area contributed by atoms with Gasteiger partial charge in [0, 0.05) is 34.5 Å². The van der Waals surface area contributed by atoms with Crippen LogP contribution in [-0.2, 0) is 0 Å². The quantitative estimate of drug-likeness (QED) is 0.114. The van der Waals surface area contributed by atoms with Crippen LogP contribution in [0.4, 0.5) is 28.4 Å². The second kappa shape index (κ2) is 11.2. The largest absolute Gasteiger partial charge is 0.505 e. The zero-order valence-corrected chi connectivity index (χ0v) is 20.8. The maximum atomic E-state index is 13.2. The number of fused-ring (bicyclic) bond motifs is 1. The van der Waals surface area contributed by atoms with Crippen molar-refractivity contribution in [2.24, 2.45) is 10.2 Å². The fourth-order valence-corrected chi connectivity index (χ4v) is 4.01. The van der Waals surface area contributed by atoms with Crippen LogP contribution in [0.25, 0.3) is 10.8 Å². The third-order valence-corrected chi connectivity index (χ3v) is 5.96. The van der Waals surface area contributed by atoms with Gasteiger partial charge in [0.15, 0.2) is 5.75 Å². The number of hydrogen-bond acceptors (Lipinski definition) is 7. The number of azo groups is 1. The van der Waals surface area contributed by atoms with E-state index in [0.717, 1.165) is 0 Å². The van der Waals surface area contributed by atoms with E-state index in [1.165, 1.54) is 30.3 Å². The van der Waals surface area contributed by atoms with Crippen LogP contribution in [0.2, 0.25) is 0 Å². The van der Waals surface area contributed by atoms with E-state index in [4.69, 9.17) is 0 Å². The number of non-ortho nitro benzene ring substituents is 1. The van der Waals surface area contributed by atoms with Crippen molar-refractivity contribution in [3.63, 3.8) is 0 Å². The number of benzene rings is 5. The minimum atomic E-state index is -0.600. The van der Waals surface area contributed by atoms with Crippen LogP contribution in [0, 0.1) is 10.1 Å². The molecule has 0 atom stereocenters. The maximum absolute atomic E-state index is 13.2. The van der Waals surface area contributed by atoms with E-state index in [2.05, 4.69) is 20.9 Å². The Hall–Kier alpha value is -5.90. The molecule has 0 aromatic heterocycles. The van der Waals surface area contributed by atoms with Gasteiger partial charge in [-0.25, -0.2) is 0 Å². The molecule has 0 saturated carbocycles. The van der Waals surface area contributed by atoms with Crippen molar-refractivity contribution in [1.29, 1.82) is 0 Å². The van der Waals surface area contributed by atoms with E-state index < -0.39 is 16.6 Å². The van der Waals surface area contributed by atoms with Gasteiger partial charge in [-0.1, -0.05) is 48.5 Å². The Bertz CT molecular complexity index is 1770. The number of nitrogens with zero attached hydrogens (tertiary/aromatic N) is 3. The Balaban J connectivity index is 1.58. The van der Waals surface area contributed by atoms with Gasteiger partial charge in [-0.3, -0.25) is 19.7 Å². The maximum Gasteiger partial charge on any atom is 0.271 e. The number of nitro benzene ring substituents is 1. The van der Waals surface area contributed by atoms with Gasteiger partial charge < -0.3 is 15.7 Å². The average Bonchev–Trinajstić information content (AvgIpc) is 2.97. The number of hydrogen-bond donors (Lipinski definition) is 3. The molecular formula is C30H21N5O5. The minimum absolute atomic E-state index is 0.0303. The number of phenols is 1. The number of nitro groups is 1. The van der Waals surface area contributed by atoms with Gasteiger partial charge in [0.25, 0.3) is 17.5 Å². The summed E-state index contributed by atoms with van der Waals surface area (Å²) < 4.78 is 0. The highest BCUT2D eigenvalue weighted by atomic mass is 16.6. The highest BCUT2D eigenvalue weighted by Crippen LogP contribution is 2.40. The van der Waals surface area contributed by atoms with Crippen molar-refractivity contribution >= 4 is 51.0 Å². The van der Waals surface area contributed by atoms with E-state index in [0.29, 0.717) is 27.7 Å². The number of phenolic OH excluding ortho intramolecular Hbond substituents is 1. The molecule has 5 rings (SSSR count). The minimum Gasteiger partial charge on any atom is -0.505 e. The fraction of sp³-hybridized carbons (Fsp3) is 0. The summed E-state index contributed by atoms with van der Waals surface area (Å²) in [5.74, 6) is -1.40. The molecular weight excluding hydrogens is 510 g/mol. The van der Waals surface area contributed by atoms with Gasteiger partial charge in [0.05, 0.1) is 16.2 Å². The number of aromatic hydroxyl groups is 1. The first kappa shape index (κ1) is 25.7. The monoisotopic (exact) mass is 531 g/mol. The molecule has 0 aliphatic carbocycles. The average molecular weight is 532 g/mol. The van der Waals surface area contributed by atoms with Gasteiger partial charge in [0.2, 0.25) is 0 Å². The molecule has 5 aromatic carbocycles. The lowest BCUT2D eigenvalue weighted by Gasteiger charge is -2.12. The van der Waals surface area contributed by atoms with Crippen molar-refractivity contribution in [3.05, 3.63) is 130 Å². The van der Waals surface area contributed by atoms with Crippen molar-refractivity contribution in [2.45, 2.75) is 0 Å². The number of carbonyl (C=O) groups is 2. The van der Waals surface area contributed by atoms with Crippen molar-refractivity contribution in [1.82, 2.24) is 0 Å². The normalized spacial score (nSPS) is 10.9. The smallest absolute Gasteiger partial charge is 0.271 e. The van der Waals surface area contributed by atoms with Crippen LogP contribution in [0.1, 0.15) is 20.7 Å². The summed E-state index contributed by atoms with van der Waals surface area (Å²) in [6.07, 6.45) is 0. The van der Waals surface area contributed by atoms with Crippen molar-refractivity contribution in [3.8, 4) is 5.75 Å². The van der Waals surface area contributed by atoms with Crippen LogP contribution in [0.5, 0.6) is 5.75 Å². The van der Waals surface area contributed by atoms with Crippen molar-refractivity contribution < 1.29 is 19.6 Å². The van der Waals surface area contributed by atoms with Crippen molar-refractivity contribution in [2.75, 3.05) is 10.6 Å². The van der Waals surface area contributed by atoms with Crippen LogP contribution in [-0.4, -0.2) is 21.8 Å².